The predicted molar refractivity (Wildman–Crippen MR) is 289 cm³/mol. The van der Waals surface area contributed by atoms with Crippen LogP contribution in [0.4, 0.5) is 0 Å². The number of allylic oxidation sites excluding steroid dienone is 6. The van der Waals surface area contributed by atoms with E-state index in [4.69, 9.17) is 14.2 Å². The van der Waals surface area contributed by atoms with E-state index < -0.39 is 6.10 Å². The van der Waals surface area contributed by atoms with Gasteiger partial charge in [-0.05, 0) is 70.6 Å². The first-order chi connectivity index (χ1) is 33.0. The summed E-state index contributed by atoms with van der Waals surface area (Å²) < 4.78 is 16.9. The van der Waals surface area contributed by atoms with Crippen molar-refractivity contribution < 1.29 is 28.6 Å². The number of unbranched alkanes of at least 4 members (excludes halogenated alkanes) is 37. The van der Waals surface area contributed by atoms with Crippen LogP contribution in [0.5, 0.6) is 0 Å². The van der Waals surface area contributed by atoms with Crippen molar-refractivity contribution in [2.45, 2.75) is 322 Å². The fraction of sp³-hybridized carbons (Fsp3) is 0.852. The van der Waals surface area contributed by atoms with Crippen LogP contribution in [0.3, 0.4) is 0 Å². The van der Waals surface area contributed by atoms with E-state index in [1.54, 1.807) is 0 Å². The zero-order valence-electron chi connectivity index (χ0n) is 44.9. The molecule has 0 aromatic carbocycles. The summed E-state index contributed by atoms with van der Waals surface area (Å²) in [5.41, 5.74) is 0. The number of ether oxygens (including phenoxy) is 3. The van der Waals surface area contributed by atoms with Gasteiger partial charge in [-0.15, -0.1) is 0 Å². The molecular weight excluding hydrogens is 829 g/mol. The Labute approximate surface area is 416 Å². The molecule has 0 saturated carbocycles. The molecule has 0 bridgehead atoms. The third-order valence-corrected chi connectivity index (χ3v) is 13.1. The molecular formula is C61H112O6. The van der Waals surface area contributed by atoms with Crippen LogP contribution in [-0.2, 0) is 28.6 Å². The normalized spacial score (nSPS) is 12.2. The molecule has 0 heterocycles. The Bertz CT molecular complexity index is 1130. The highest BCUT2D eigenvalue weighted by Crippen LogP contribution is 2.17. The van der Waals surface area contributed by atoms with Crippen LogP contribution in [-0.4, -0.2) is 37.2 Å². The summed E-state index contributed by atoms with van der Waals surface area (Å²) in [7, 11) is 0. The highest BCUT2D eigenvalue weighted by Gasteiger charge is 2.19. The van der Waals surface area contributed by atoms with E-state index in [9.17, 15) is 14.4 Å². The van der Waals surface area contributed by atoms with Crippen molar-refractivity contribution in [3.8, 4) is 0 Å². The molecule has 6 heteroatoms. The number of carbonyl (C=O) groups is 3. The van der Waals surface area contributed by atoms with Crippen LogP contribution >= 0.6 is 0 Å². The first-order valence-electron chi connectivity index (χ1n) is 29.5. The van der Waals surface area contributed by atoms with Gasteiger partial charge in [0.1, 0.15) is 13.2 Å². The number of rotatable bonds is 54. The average Bonchev–Trinajstić information content (AvgIpc) is 3.33. The molecule has 0 N–H and O–H groups in total. The van der Waals surface area contributed by atoms with Gasteiger partial charge in [0.2, 0.25) is 0 Å². The van der Waals surface area contributed by atoms with Crippen LogP contribution in [0, 0.1) is 0 Å². The Morgan fingerprint density at radius 3 is 0.910 bits per heavy atom. The van der Waals surface area contributed by atoms with Gasteiger partial charge in [0.15, 0.2) is 6.10 Å². The molecule has 1 atom stereocenters. The molecule has 0 radical (unpaired) electrons. The lowest BCUT2D eigenvalue weighted by Gasteiger charge is -2.18. The molecule has 0 fully saturated rings. The van der Waals surface area contributed by atoms with E-state index in [0.29, 0.717) is 19.3 Å². The standard InChI is InChI=1S/C61H112O6/c1-4-7-10-13-16-19-22-25-27-29-31-33-34-36-39-42-45-48-51-54-60(63)66-57-58(56-65-59(62)53-50-47-44-41-38-24-21-18-15-12-9-6-3)67-61(64)55-52-49-46-43-40-37-35-32-30-28-26-23-20-17-14-11-8-5-2/h9,12,18,21,29,31,58H,4-8,10-11,13-17,19-20,22-28,30,32-57H2,1-3H3/b12-9-,21-18-,31-29-. The van der Waals surface area contributed by atoms with Crippen molar-refractivity contribution >= 4 is 17.9 Å². The minimum atomic E-state index is -0.776. The maximum Gasteiger partial charge on any atom is 0.306 e. The van der Waals surface area contributed by atoms with E-state index in [1.807, 2.05) is 0 Å². The van der Waals surface area contributed by atoms with E-state index in [0.717, 1.165) is 83.5 Å². The molecule has 0 spiro atoms. The van der Waals surface area contributed by atoms with Crippen molar-refractivity contribution in [2.75, 3.05) is 13.2 Å². The Kier molecular flexibility index (Phi) is 54.2. The summed E-state index contributed by atoms with van der Waals surface area (Å²) in [6, 6.07) is 0. The Balaban J connectivity index is 4.31. The SMILES string of the molecule is CC/C=C\C/C=C\CCCCCCCC(=O)OCC(COC(=O)CCCCCCCCC/C=C\CCCCCCCCCC)OC(=O)CCCCCCCCCCCCCCCCCCCC. The molecule has 0 rings (SSSR count). The van der Waals surface area contributed by atoms with E-state index in [2.05, 4.69) is 57.2 Å². The molecule has 392 valence electrons. The molecule has 0 aromatic rings. The van der Waals surface area contributed by atoms with Crippen LogP contribution in [0.2, 0.25) is 0 Å². The Hall–Kier alpha value is -2.37. The van der Waals surface area contributed by atoms with Crippen molar-refractivity contribution in [1.82, 2.24) is 0 Å². The zero-order chi connectivity index (χ0) is 48.6. The molecule has 0 saturated heterocycles. The highest BCUT2D eigenvalue weighted by atomic mass is 16.6. The quantitative estimate of drug-likeness (QED) is 0.0262. The molecule has 1 unspecified atom stereocenters. The largest absolute Gasteiger partial charge is 0.462 e. The van der Waals surface area contributed by atoms with Gasteiger partial charge in [0.05, 0.1) is 0 Å². The van der Waals surface area contributed by atoms with Gasteiger partial charge in [-0.1, -0.05) is 263 Å². The van der Waals surface area contributed by atoms with E-state index >= 15 is 0 Å². The summed E-state index contributed by atoms with van der Waals surface area (Å²) in [4.78, 5) is 38.1. The number of carbonyl (C=O) groups excluding carboxylic acids is 3. The van der Waals surface area contributed by atoms with Gasteiger partial charge in [0.25, 0.3) is 0 Å². The maximum atomic E-state index is 12.9. The summed E-state index contributed by atoms with van der Waals surface area (Å²) in [5, 5.41) is 0. The van der Waals surface area contributed by atoms with E-state index in [1.165, 1.54) is 193 Å². The fourth-order valence-electron chi connectivity index (χ4n) is 8.71. The topological polar surface area (TPSA) is 78.9 Å². The summed E-state index contributed by atoms with van der Waals surface area (Å²) in [6.45, 7) is 6.56. The number of hydrogen-bond acceptors (Lipinski definition) is 6. The lowest BCUT2D eigenvalue weighted by Crippen LogP contribution is -2.30. The van der Waals surface area contributed by atoms with Gasteiger partial charge < -0.3 is 14.2 Å². The molecule has 0 aliphatic heterocycles. The average molecular weight is 942 g/mol. The molecule has 0 aromatic heterocycles. The van der Waals surface area contributed by atoms with Crippen molar-refractivity contribution in [3.05, 3.63) is 36.5 Å². The van der Waals surface area contributed by atoms with Crippen molar-refractivity contribution in [3.63, 3.8) is 0 Å². The summed E-state index contributed by atoms with van der Waals surface area (Å²) in [5.74, 6) is -0.876. The van der Waals surface area contributed by atoms with Gasteiger partial charge in [-0.3, -0.25) is 14.4 Å². The predicted octanol–water partition coefficient (Wildman–Crippen LogP) is 19.7. The smallest absolute Gasteiger partial charge is 0.306 e. The molecule has 6 nitrogen and oxygen atoms in total. The Morgan fingerprint density at radius 2 is 0.582 bits per heavy atom. The number of hydrogen-bond donors (Lipinski definition) is 0. The van der Waals surface area contributed by atoms with Crippen LogP contribution in [0.1, 0.15) is 316 Å². The lowest BCUT2D eigenvalue weighted by atomic mass is 10.0. The van der Waals surface area contributed by atoms with Crippen LogP contribution < -0.4 is 0 Å². The summed E-state index contributed by atoms with van der Waals surface area (Å²) in [6.07, 6.45) is 67.1. The minimum absolute atomic E-state index is 0.0755. The number of esters is 3. The van der Waals surface area contributed by atoms with Gasteiger partial charge in [-0.2, -0.15) is 0 Å². The van der Waals surface area contributed by atoms with Crippen molar-refractivity contribution in [1.29, 1.82) is 0 Å². The minimum Gasteiger partial charge on any atom is -0.462 e. The van der Waals surface area contributed by atoms with Gasteiger partial charge in [-0.25, -0.2) is 0 Å². The maximum absolute atomic E-state index is 12.9. The fourth-order valence-corrected chi connectivity index (χ4v) is 8.71. The van der Waals surface area contributed by atoms with Gasteiger partial charge in [0, 0.05) is 19.3 Å². The third-order valence-electron chi connectivity index (χ3n) is 13.1. The second-order valence-corrected chi connectivity index (χ2v) is 19.9. The highest BCUT2D eigenvalue weighted by molar-refractivity contribution is 5.71. The zero-order valence-corrected chi connectivity index (χ0v) is 44.9. The summed E-state index contributed by atoms with van der Waals surface area (Å²) >= 11 is 0. The molecule has 0 amide bonds. The third kappa shape index (κ3) is 54.4. The molecule has 67 heavy (non-hydrogen) atoms. The second-order valence-electron chi connectivity index (χ2n) is 19.9. The Morgan fingerprint density at radius 1 is 0.313 bits per heavy atom. The second kappa shape index (κ2) is 56.2. The van der Waals surface area contributed by atoms with E-state index in [-0.39, 0.29) is 31.1 Å². The van der Waals surface area contributed by atoms with Crippen LogP contribution in [0.25, 0.3) is 0 Å². The molecule has 0 aliphatic rings. The monoisotopic (exact) mass is 941 g/mol. The molecule has 0 aliphatic carbocycles. The van der Waals surface area contributed by atoms with Crippen molar-refractivity contribution in [2.24, 2.45) is 0 Å². The first kappa shape index (κ1) is 64.6. The lowest BCUT2D eigenvalue weighted by molar-refractivity contribution is -0.167. The van der Waals surface area contributed by atoms with Gasteiger partial charge >= 0.3 is 17.9 Å². The van der Waals surface area contributed by atoms with Crippen LogP contribution in [0.15, 0.2) is 36.5 Å². The first-order valence-corrected chi connectivity index (χ1v) is 29.5.